The fourth-order valence-corrected chi connectivity index (χ4v) is 3.20. The van der Waals surface area contributed by atoms with Crippen LogP contribution < -0.4 is 5.32 Å². The van der Waals surface area contributed by atoms with Crippen molar-refractivity contribution in [3.8, 4) is 6.07 Å². The van der Waals surface area contributed by atoms with Crippen LogP contribution in [-0.2, 0) is 16.1 Å². The number of ether oxygens (including phenoxy) is 1. The van der Waals surface area contributed by atoms with Crippen LogP contribution in [0.2, 0.25) is 0 Å². The van der Waals surface area contributed by atoms with Crippen LogP contribution in [-0.4, -0.2) is 23.8 Å². The number of methoxy groups -OCH3 is 1. The Morgan fingerprint density at radius 2 is 2.12 bits per heavy atom. The van der Waals surface area contributed by atoms with Gasteiger partial charge in [0.25, 0.3) is 0 Å². The largest absolute Gasteiger partial charge is 0.380 e. The number of thioether (sulfide) groups is 1. The van der Waals surface area contributed by atoms with Gasteiger partial charge >= 0.3 is 0 Å². The van der Waals surface area contributed by atoms with Gasteiger partial charge < -0.3 is 10.1 Å². The van der Waals surface area contributed by atoms with Crippen LogP contribution in [0.5, 0.6) is 0 Å². The monoisotopic (exact) mass is 405 g/mol. The predicted molar refractivity (Wildman–Crippen MR) is 97.9 cm³/mol. The number of benzene rings is 1. The van der Waals surface area contributed by atoms with Crippen molar-refractivity contribution < 1.29 is 9.53 Å². The number of nitrogens with zero attached hydrogens (tertiary/aromatic N) is 2. The Morgan fingerprint density at radius 3 is 2.75 bits per heavy atom. The van der Waals surface area contributed by atoms with Crippen LogP contribution >= 0.6 is 27.7 Å². The van der Waals surface area contributed by atoms with Crippen LogP contribution in [0.25, 0.3) is 0 Å². The Kier molecular flexibility index (Phi) is 6.79. The lowest BCUT2D eigenvalue weighted by atomic mass is 10.1. The Labute approximate surface area is 153 Å². The van der Waals surface area contributed by atoms with Crippen molar-refractivity contribution in [3.63, 3.8) is 0 Å². The molecule has 0 atom stereocenters. The summed E-state index contributed by atoms with van der Waals surface area (Å²) in [7, 11) is 1.58. The fraction of sp³-hybridized carbons (Fsp3) is 0.235. The number of carbonyl (C=O) groups is 1. The van der Waals surface area contributed by atoms with Crippen LogP contribution in [0.1, 0.15) is 16.8 Å². The van der Waals surface area contributed by atoms with E-state index in [0.717, 1.165) is 21.4 Å². The molecule has 1 aromatic heterocycles. The summed E-state index contributed by atoms with van der Waals surface area (Å²) in [5.74, 6) is 0.0240. The number of nitriles is 1. The van der Waals surface area contributed by atoms with Crippen LogP contribution in [0.3, 0.4) is 0 Å². The Balaban J connectivity index is 2.07. The van der Waals surface area contributed by atoms with E-state index in [1.54, 1.807) is 7.11 Å². The van der Waals surface area contributed by atoms with Crippen molar-refractivity contribution in [1.82, 2.24) is 4.98 Å². The number of amides is 1. The Morgan fingerprint density at radius 1 is 1.42 bits per heavy atom. The smallest absolute Gasteiger partial charge is 0.234 e. The molecular formula is C17H16BrN3O2S. The first-order valence-corrected chi connectivity index (χ1v) is 8.89. The number of rotatable bonds is 6. The second-order valence-electron chi connectivity index (χ2n) is 4.99. The molecule has 0 aliphatic rings. The zero-order valence-corrected chi connectivity index (χ0v) is 15.7. The average Bonchev–Trinajstić information content (AvgIpc) is 2.55. The number of halogens is 1. The number of aryl methyl sites for hydroxylation is 1. The van der Waals surface area contributed by atoms with E-state index in [-0.39, 0.29) is 11.7 Å². The zero-order chi connectivity index (χ0) is 17.5. The van der Waals surface area contributed by atoms with Gasteiger partial charge in [-0.15, -0.1) is 0 Å². The van der Waals surface area contributed by atoms with Gasteiger partial charge in [0.1, 0.15) is 11.1 Å². The molecule has 0 aliphatic carbocycles. The van der Waals surface area contributed by atoms with Crippen LogP contribution in [0, 0.1) is 18.3 Å². The molecule has 0 bridgehead atoms. The highest BCUT2D eigenvalue weighted by atomic mass is 79.9. The minimum atomic E-state index is -0.150. The van der Waals surface area contributed by atoms with Gasteiger partial charge in [-0.3, -0.25) is 4.79 Å². The number of hydrogen-bond acceptors (Lipinski definition) is 5. The van der Waals surface area contributed by atoms with Gasteiger partial charge in [0.15, 0.2) is 0 Å². The zero-order valence-electron chi connectivity index (χ0n) is 13.3. The average molecular weight is 406 g/mol. The molecule has 7 heteroatoms. The second kappa shape index (κ2) is 8.83. The normalized spacial score (nSPS) is 10.2. The summed E-state index contributed by atoms with van der Waals surface area (Å²) in [6, 6.07) is 11.3. The van der Waals surface area contributed by atoms with Crippen LogP contribution in [0.4, 0.5) is 5.69 Å². The number of carbonyl (C=O) groups excluding carboxylic acids is 1. The molecular weight excluding hydrogens is 390 g/mol. The molecule has 0 unspecified atom stereocenters. The van der Waals surface area contributed by atoms with Gasteiger partial charge in [0, 0.05) is 23.0 Å². The predicted octanol–water partition coefficient (Wildman–Crippen LogP) is 3.90. The third kappa shape index (κ3) is 5.06. The number of hydrogen-bond donors (Lipinski definition) is 1. The van der Waals surface area contributed by atoms with Crippen molar-refractivity contribution in [1.29, 1.82) is 5.26 Å². The first-order chi connectivity index (χ1) is 11.5. The van der Waals surface area contributed by atoms with E-state index in [9.17, 15) is 10.1 Å². The molecule has 2 aromatic rings. The molecule has 124 valence electrons. The summed E-state index contributed by atoms with van der Waals surface area (Å²) >= 11 is 4.59. The fourth-order valence-electron chi connectivity index (χ4n) is 2.07. The lowest BCUT2D eigenvalue weighted by Crippen LogP contribution is -2.14. The molecule has 1 amide bonds. The van der Waals surface area contributed by atoms with E-state index in [4.69, 9.17) is 4.74 Å². The summed E-state index contributed by atoms with van der Waals surface area (Å²) < 4.78 is 6.07. The molecule has 1 aromatic carbocycles. The lowest BCUT2D eigenvalue weighted by molar-refractivity contribution is -0.113. The number of nitrogens with one attached hydrogen (secondary N) is 1. The van der Waals surface area contributed by atoms with Gasteiger partial charge in [-0.2, -0.15) is 5.26 Å². The van der Waals surface area contributed by atoms with E-state index >= 15 is 0 Å². The molecule has 0 saturated heterocycles. The molecule has 5 nitrogen and oxygen atoms in total. The molecule has 0 fully saturated rings. The van der Waals surface area contributed by atoms with Gasteiger partial charge in [0.2, 0.25) is 5.91 Å². The highest BCUT2D eigenvalue weighted by molar-refractivity contribution is 9.10. The Bertz CT molecular complexity index is 773. The topological polar surface area (TPSA) is 75.0 Å². The first kappa shape index (κ1) is 18.5. The Hall–Kier alpha value is -1.88. The maximum atomic E-state index is 12.1. The summed E-state index contributed by atoms with van der Waals surface area (Å²) in [4.78, 5) is 16.5. The molecule has 1 N–H and O–H groups in total. The first-order valence-electron chi connectivity index (χ1n) is 7.11. The van der Waals surface area contributed by atoms with Gasteiger partial charge in [-0.25, -0.2) is 4.98 Å². The van der Waals surface area contributed by atoms with Crippen molar-refractivity contribution >= 4 is 39.3 Å². The van der Waals surface area contributed by atoms with E-state index < -0.39 is 0 Å². The number of pyridine rings is 1. The molecule has 0 aliphatic heterocycles. The third-order valence-electron chi connectivity index (χ3n) is 3.08. The molecule has 2 rings (SSSR count). The van der Waals surface area contributed by atoms with Gasteiger partial charge in [0.05, 0.1) is 17.9 Å². The minimum absolute atomic E-state index is 0.150. The molecule has 1 heterocycles. The SMILES string of the molecule is COCc1cc(C)nc(SCC(=O)Nc2ccc(Br)cc2)c1C#N. The maximum absolute atomic E-state index is 12.1. The van der Waals surface area contributed by atoms with Crippen molar-refractivity contribution in [2.45, 2.75) is 18.6 Å². The quantitative estimate of drug-likeness (QED) is 0.737. The maximum Gasteiger partial charge on any atom is 0.234 e. The molecule has 0 radical (unpaired) electrons. The van der Waals surface area contributed by atoms with Crippen molar-refractivity contribution in [2.75, 3.05) is 18.2 Å². The highest BCUT2D eigenvalue weighted by Gasteiger charge is 2.13. The third-order valence-corrected chi connectivity index (χ3v) is 4.58. The van der Waals surface area contributed by atoms with Crippen molar-refractivity contribution in [2.24, 2.45) is 0 Å². The van der Waals surface area contributed by atoms with E-state index in [1.807, 2.05) is 37.3 Å². The van der Waals surface area contributed by atoms with Gasteiger partial charge in [-0.05, 0) is 42.8 Å². The number of aromatic nitrogens is 1. The van der Waals surface area contributed by atoms with E-state index in [1.165, 1.54) is 11.8 Å². The minimum Gasteiger partial charge on any atom is -0.380 e. The molecule has 0 spiro atoms. The second-order valence-corrected chi connectivity index (χ2v) is 6.87. The summed E-state index contributed by atoms with van der Waals surface area (Å²) in [5.41, 5.74) is 2.76. The highest BCUT2D eigenvalue weighted by Crippen LogP contribution is 2.25. The summed E-state index contributed by atoms with van der Waals surface area (Å²) in [6.45, 7) is 2.19. The number of anilines is 1. The lowest BCUT2D eigenvalue weighted by Gasteiger charge is -2.10. The van der Waals surface area contributed by atoms with E-state index in [2.05, 4.69) is 32.3 Å². The summed E-state index contributed by atoms with van der Waals surface area (Å²) in [6.07, 6.45) is 0. The standard InChI is InChI=1S/C17H16BrN3O2S/c1-11-7-12(9-23-2)15(8-19)17(20-11)24-10-16(22)21-14-5-3-13(18)4-6-14/h3-7H,9-10H2,1-2H3,(H,21,22). The summed E-state index contributed by atoms with van der Waals surface area (Å²) in [5, 5.41) is 12.7. The van der Waals surface area contributed by atoms with Gasteiger partial charge in [-0.1, -0.05) is 27.7 Å². The molecule has 24 heavy (non-hydrogen) atoms. The van der Waals surface area contributed by atoms with Crippen LogP contribution in [0.15, 0.2) is 39.8 Å². The van der Waals surface area contributed by atoms with Crippen molar-refractivity contribution in [3.05, 3.63) is 51.6 Å². The molecule has 0 saturated carbocycles. The van der Waals surface area contributed by atoms with E-state index in [0.29, 0.717) is 17.2 Å².